The van der Waals surface area contributed by atoms with E-state index in [1.54, 1.807) is 27.6 Å². The number of furan rings is 1. The van der Waals surface area contributed by atoms with Crippen LogP contribution in [0, 0.1) is 0 Å². The lowest BCUT2D eigenvalue weighted by molar-refractivity contribution is 0.297. The molecule has 6 rings (SSSR count). The Balaban J connectivity index is 1.44. The van der Waals surface area contributed by atoms with Crippen LogP contribution in [0.3, 0.4) is 0 Å². The van der Waals surface area contributed by atoms with Gasteiger partial charge in [0.25, 0.3) is 11.3 Å². The van der Waals surface area contributed by atoms with Crippen LogP contribution < -0.4 is 15.0 Å². The molecule has 0 saturated carbocycles. The standard InChI is InChI=1S/C22H17N5O4/c28-21-16-12-23-22-24-20(14-4-5-18-19(11-14)31-10-2-9-30-18)25-27(22)17(16)6-7-26(21)13-15-3-1-8-29-15/h1,3-8,11-12H,2,9-10,13H2. The summed E-state index contributed by atoms with van der Waals surface area (Å²) < 4.78 is 20.0. The molecule has 1 aliphatic rings. The van der Waals surface area contributed by atoms with E-state index < -0.39 is 0 Å². The van der Waals surface area contributed by atoms with Gasteiger partial charge in [0.15, 0.2) is 17.3 Å². The molecular weight excluding hydrogens is 398 g/mol. The number of pyridine rings is 1. The van der Waals surface area contributed by atoms with Gasteiger partial charge in [-0.25, -0.2) is 4.98 Å². The number of hydrogen-bond acceptors (Lipinski definition) is 7. The summed E-state index contributed by atoms with van der Waals surface area (Å²) >= 11 is 0. The monoisotopic (exact) mass is 415 g/mol. The van der Waals surface area contributed by atoms with Gasteiger partial charge in [-0.2, -0.15) is 9.50 Å². The first kappa shape index (κ1) is 17.7. The van der Waals surface area contributed by atoms with Crippen molar-refractivity contribution < 1.29 is 13.9 Å². The van der Waals surface area contributed by atoms with Crippen molar-refractivity contribution in [3.05, 3.63) is 71.2 Å². The predicted molar refractivity (Wildman–Crippen MR) is 111 cm³/mol. The molecule has 154 valence electrons. The molecule has 1 aliphatic heterocycles. The third kappa shape index (κ3) is 3.02. The molecule has 9 nitrogen and oxygen atoms in total. The van der Waals surface area contributed by atoms with Crippen molar-refractivity contribution in [2.45, 2.75) is 13.0 Å². The number of fused-ring (bicyclic) bond motifs is 4. The van der Waals surface area contributed by atoms with Crippen LogP contribution >= 0.6 is 0 Å². The number of benzene rings is 1. The largest absolute Gasteiger partial charge is 0.490 e. The number of aromatic nitrogens is 5. The Bertz CT molecular complexity index is 1470. The van der Waals surface area contributed by atoms with Crippen molar-refractivity contribution in [1.82, 2.24) is 24.1 Å². The average molecular weight is 415 g/mol. The summed E-state index contributed by atoms with van der Waals surface area (Å²) in [4.78, 5) is 21.9. The van der Waals surface area contributed by atoms with Crippen LogP contribution in [0.2, 0.25) is 0 Å². The zero-order valence-corrected chi connectivity index (χ0v) is 16.4. The molecule has 0 radical (unpaired) electrons. The number of rotatable bonds is 3. The van der Waals surface area contributed by atoms with Gasteiger partial charge < -0.3 is 18.5 Å². The molecule has 0 fully saturated rings. The molecule has 0 N–H and O–H groups in total. The van der Waals surface area contributed by atoms with E-state index in [0.717, 1.165) is 12.0 Å². The lowest BCUT2D eigenvalue weighted by Gasteiger charge is -2.07. The first-order valence-electron chi connectivity index (χ1n) is 9.94. The summed E-state index contributed by atoms with van der Waals surface area (Å²) in [6, 6.07) is 11.1. The maximum Gasteiger partial charge on any atom is 0.261 e. The van der Waals surface area contributed by atoms with E-state index in [2.05, 4.69) is 15.1 Å². The molecule has 1 aromatic carbocycles. The summed E-state index contributed by atoms with van der Waals surface area (Å²) in [5, 5.41) is 5.07. The molecule has 4 aromatic heterocycles. The lowest BCUT2D eigenvalue weighted by atomic mass is 10.2. The first-order chi connectivity index (χ1) is 15.3. The normalized spacial score (nSPS) is 13.5. The smallest absolute Gasteiger partial charge is 0.261 e. The molecule has 0 amide bonds. The van der Waals surface area contributed by atoms with Gasteiger partial charge in [-0.3, -0.25) is 4.79 Å². The highest BCUT2D eigenvalue weighted by molar-refractivity contribution is 5.79. The van der Waals surface area contributed by atoms with Gasteiger partial charge in [0.2, 0.25) is 0 Å². The molecule has 31 heavy (non-hydrogen) atoms. The van der Waals surface area contributed by atoms with Gasteiger partial charge in [-0.05, 0) is 36.4 Å². The molecule has 0 aliphatic carbocycles. The van der Waals surface area contributed by atoms with E-state index in [1.807, 2.05) is 30.3 Å². The zero-order valence-electron chi connectivity index (χ0n) is 16.4. The van der Waals surface area contributed by atoms with Crippen LogP contribution in [0.25, 0.3) is 28.1 Å². The molecule has 5 heterocycles. The topological polar surface area (TPSA) is 96.7 Å². The average Bonchev–Trinajstić information content (AvgIpc) is 3.40. The van der Waals surface area contributed by atoms with Crippen molar-refractivity contribution in [2.75, 3.05) is 13.2 Å². The summed E-state index contributed by atoms with van der Waals surface area (Å²) in [5.41, 5.74) is 1.25. The predicted octanol–water partition coefficient (Wildman–Crippen LogP) is 2.91. The van der Waals surface area contributed by atoms with Gasteiger partial charge in [0.1, 0.15) is 5.76 Å². The Morgan fingerprint density at radius 2 is 1.97 bits per heavy atom. The molecule has 0 atom stereocenters. The molecule has 0 saturated heterocycles. The number of hydrogen-bond donors (Lipinski definition) is 0. The molecule has 0 spiro atoms. The Kier molecular flexibility index (Phi) is 3.98. The first-order valence-corrected chi connectivity index (χ1v) is 9.94. The molecule has 9 heteroatoms. The van der Waals surface area contributed by atoms with Gasteiger partial charge >= 0.3 is 0 Å². The minimum Gasteiger partial charge on any atom is -0.490 e. The van der Waals surface area contributed by atoms with Crippen LogP contribution in [0.15, 0.2) is 64.3 Å². The second-order valence-electron chi connectivity index (χ2n) is 7.24. The Morgan fingerprint density at radius 3 is 2.84 bits per heavy atom. The number of ether oxygens (including phenoxy) is 2. The Morgan fingerprint density at radius 1 is 1.06 bits per heavy atom. The second kappa shape index (κ2) is 6.98. The van der Waals surface area contributed by atoms with E-state index in [9.17, 15) is 4.79 Å². The van der Waals surface area contributed by atoms with Crippen molar-refractivity contribution in [3.8, 4) is 22.9 Å². The van der Waals surface area contributed by atoms with Crippen molar-refractivity contribution in [1.29, 1.82) is 0 Å². The fourth-order valence-electron chi connectivity index (χ4n) is 3.68. The minimum atomic E-state index is -0.170. The third-order valence-corrected chi connectivity index (χ3v) is 5.22. The van der Waals surface area contributed by atoms with Gasteiger partial charge in [-0.1, -0.05) is 0 Å². The fraction of sp³-hybridized carbons (Fsp3) is 0.182. The van der Waals surface area contributed by atoms with Crippen LogP contribution in [-0.2, 0) is 6.54 Å². The lowest BCUT2D eigenvalue weighted by Crippen LogP contribution is -2.20. The second-order valence-corrected chi connectivity index (χ2v) is 7.24. The summed E-state index contributed by atoms with van der Waals surface area (Å²) in [7, 11) is 0. The van der Waals surface area contributed by atoms with Crippen molar-refractivity contribution >= 4 is 16.7 Å². The van der Waals surface area contributed by atoms with E-state index in [4.69, 9.17) is 13.9 Å². The van der Waals surface area contributed by atoms with E-state index in [1.165, 1.54) is 6.20 Å². The van der Waals surface area contributed by atoms with Crippen LogP contribution in [0.5, 0.6) is 11.5 Å². The van der Waals surface area contributed by atoms with E-state index in [0.29, 0.717) is 59.5 Å². The summed E-state index contributed by atoms with van der Waals surface area (Å²) in [5.74, 6) is 3.00. The van der Waals surface area contributed by atoms with Crippen LogP contribution in [-0.4, -0.2) is 37.4 Å². The SMILES string of the molecule is O=c1c2cnc3nc(-c4ccc5c(c4)OCCCO5)nn3c2ccn1Cc1ccco1. The quantitative estimate of drug-likeness (QED) is 0.447. The molecule has 0 bridgehead atoms. The highest BCUT2D eigenvalue weighted by Gasteiger charge is 2.16. The number of nitrogens with zero attached hydrogens (tertiary/aromatic N) is 5. The van der Waals surface area contributed by atoms with Gasteiger partial charge in [-0.15, -0.1) is 5.10 Å². The molecular formula is C22H17N5O4. The van der Waals surface area contributed by atoms with Gasteiger partial charge in [0, 0.05) is 24.4 Å². The van der Waals surface area contributed by atoms with Crippen molar-refractivity contribution in [3.63, 3.8) is 0 Å². The van der Waals surface area contributed by atoms with Crippen LogP contribution in [0.1, 0.15) is 12.2 Å². The maximum atomic E-state index is 13.0. The molecule has 0 unspecified atom stereocenters. The molecule has 5 aromatic rings. The van der Waals surface area contributed by atoms with Gasteiger partial charge in [0.05, 0.1) is 36.9 Å². The Labute approximate surface area is 175 Å². The Hall–Kier alpha value is -4.14. The maximum absolute atomic E-state index is 13.0. The summed E-state index contributed by atoms with van der Waals surface area (Å²) in [6.45, 7) is 1.58. The zero-order chi connectivity index (χ0) is 20.8. The van der Waals surface area contributed by atoms with E-state index in [-0.39, 0.29) is 5.56 Å². The van der Waals surface area contributed by atoms with Crippen LogP contribution in [0.4, 0.5) is 0 Å². The van der Waals surface area contributed by atoms with E-state index >= 15 is 0 Å². The fourth-order valence-corrected chi connectivity index (χ4v) is 3.68. The highest BCUT2D eigenvalue weighted by atomic mass is 16.5. The minimum absolute atomic E-state index is 0.170. The van der Waals surface area contributed by atoms with Crippen molar-refractivity contribution in [2.24, 2.45) is 0 Å². The summed E-state index contributed by atoms with van der Waals surface area (Å²) in [6.07, 6.45) is 5.69. The third-order valence-electron chi connectivity index (χ3n) is 5.22. The highest BCUT2D eigenvalue weighted by Crippen LogP contribution is 2.33.